The zero-order valence-corrected chi connectivity index (χ0v) is 17.1. The van der Waals surface area contributed by atoms with Crippen LogP contribution in [0, 0.1) is 12.8 Å². The number of fused-ring (bicyclic) bond motifs is 3. The summed E-state index contributed by atoms with van der Waals surface area (Å²) in [5.74, 6) is 0.311. The smallest absolute Gasteiger partial charge is 0.215 e. The number of aromatic nitrogens is 4. The second-order valence-corrected chi connectivity index (χ2v) is 9.56. The van der Waals surface area contributed by atoms with E-state index in [0.717, 1.165) is 0 Å². The van der Waals surface area contributed by atoms with E-state index in [0.29, 0.717) is 10.0 Å². The fraction of sp³-hybridized carbons (Fsp3) is 0.294. The Morgan fingerprint density at radius 3 is 2.63 bits per heavy atom. The number of nitrogens with zero attached hydrogens (tertiary/aromatic N) is 3. The molecular formula is C17H15BrN4O4S. The Balaban J connectivity index is 2.19. The zero-order chi connectivity index (χ0) is 19.5. The van der Waals surface area contributed by atoms with Gasteiger partial charge in [0.15, 0.2) is 21.0 Å². The lowest BCUT2D eigenvalue weighted by Crippen LogP contribution is -2.31. The molecule has 1 aliphatic heterocycles. The number of benzene rings is 1. The first-order valence-corrected chi connectivity index (χ1v) is 10.5. The summed E-state index contributed by atoms with van der Waals surface area (Å²) in [6.07, 6.45) is 0. The van der Waals surface area contributed by atoms with E-state index < -0.39 is 15.1 Å². The van der Waals surface area contributed by atoms with Gasteiger partial charge in [0.1, 0.15) is 11.0 Å². The summed E-state index contributed by atoms with van der Waals surface area (Å²) in [6, 6.07) is 4.99. The second kappa shape index (κ2) is 6.10. The molecule has 0 saturated heterocycles. The van der Waals surface area contributed by atoms with E-state index in [1.807, 2.05) is 0 Å². The van der Waals surface area contributed by atoms with Gasteiger partial charge in [-0.3, -0.25) is 4.79 Å². The maximum Gasteiger partial charge on any atom is 0.215 e. The molecule has 0 aliphatic carbocycles. The number of halogens is 1. The third kappa shape index (κ3) is 2.50. The zero-order valence-electron chi connectivity index (χ0n) is 14.6. The van der Waals surface area contributed by atoms with Crippen molar-refractivity contribution in [2.24, 2.45) is 5.92 Å². The summed E-state index contributed by atoms with van der Waals surface area (Å²) in [4.78, 5) is 13.3. The predicted molar refractivity (Wildman–Crippen MR) is 101 cm³/mol. The van der Waals surface area contributed by atoms with Crippen molar-refractivity contribution in [2.45, 2.75) is 30.9 Å². The van der Waals surface area contributed by atoms with Crippen LogP contribution in [0.15, 0.2) is 36.8 Å². The average molecular weight is 451 g/mol. The first-order chi connectivity index (χ1) is 12.7. The van der Waals surface area contributed by atoms with Gasteiger partial charge in [-0.15, -0.1) is 5.10 Å². The highest BCUT2D eigenvalue weighted by Crippen LogP contribution is 2.49. The lowest BCUT2D eigenvalue weighted by molar-refractivity contribution is 0.508. The maximum absolute atomic E-state index is 13.4. The molecule has 3 aromatic rings. The molecule has 0 spiro atoms. The van der Waals surface area contributed by atoms with Crippen molar-refractivity contribution in [1.29, 1.82) is 0 Å². The van der Waals surface area contributed by atoms with Crippen molar-refractivity contribution < 1.29 is 12.8 Å². The first kappa shape index (κ1) is 18.1. The second-order valence-electron chi connectivity index (χ2n) is 6.70. The topological polar surface area (TPSA) is 119 Å². The van der Waals surface area contributed by atoms with E-state index in [1.54, 1.807) is 39.0 Å². The third-order valence-electron chi connectivity index (χ3n) is 4.66. The highest BCUT2D eigenvalue weighted by atomic mass is 79.9. The Hall–Kier alpha value is -2.33. The molecule has 1 unspecified atom stereocenters. The summed E-state index contributed by atoms with van der Waals surface area (Å²) >= 11 is 3.34. The summed E-state index contributed by atoms with van der Waals surface area (Å²) < 4.78 is 33.2. The van der Waals surface area contributed by atoms with Crippen molar-refractivity contribution in [3.8, 4) is 22.9 Å². The third-order valence-corrected chi connectivity index (χ3v) is 8.04. The number of rotatable bonds is 2. The average Bonchev–Trinajstić information content (AvgIpc) is 3.12. The van der Waals surface area contributed by atoms with Gasteiger partial charge >= 0.3 is 0 Å². The normalized spacial score (nSPS) is 17.6. The van der Waals surface area contributed by atoms with E-state index in [2.05, 4.69) is 36.6 Å². The maximum atomic E-state index is 13.4. The number of nitrogens with one attached hydrogen (secondary N) is 1. The Morgan fingerprint density at radius 1 is 1.26 bits per heavy atom. The van der Waals surface area contributed by atoms with Crippen LogP contribution in [-0.4, -0.2) is 29.0 Å². The molecule has 1 aromatic carbocycles. The van der Waals surface area contributed by atoms with Crippen LogP contribution in [0.5, 0.6) is 0 Å². The first-order valence-electron chi connectivity index (χ1n) is 8.19. The van der Waals surface area contributed by atoms with Crippen molar-refractivity contribution >= 4 is 25.8 Å². The van der Waals surface area contributed by atoms with Crippen molar-refractivity contribution in [3.63, 3.8) is 0 Å². The highest BCUT2D eigenvalue weighted by Gasteiger charge is 2.44. The van der Waals surface area contributed by atoms with Crippen LogP contribution in [0.1, 0.15) is 30.2 Å². The number of aromatic amines is 1. The molecule has 8 nitrogen and oxygen atoms in total. The Morgan fingerprint density at radius 2 is 2.00 bits per heavy atom. The molecule has 0 radical (unpaired) electrons. The molecule has 3 heterocycles. The van der Waals surface area contributed by atoms with Crippen LogP contribution in [-0.2, 0) is 9.84 Å². The van der Waals surface area contributed by atoms with E-state index in [1.165, 1.54) is 0 Å². The minimum atomic E-state index is -3.79. The van der Waals surface area contributed by atoms with Crippen LogP contribution in [0.4, 0.5) is 0 Å². The van der Waals surface area contributed by atoms with Crippen LogP contribution >= 0.6 is 15.9 Å². The van der Waals surface area contributed by atoms with E-state index in [4.69, 9.17) is 4.42 Å². The number of H-pyrrole nitrogens is 1. The monoisotopic (exact) mass is 450 g/mol. The standard InChI is InChI=1S/C17H15BrN4O4S/c1-7(2)15-11-12(23)8(3)13(17-19-21-22-20-17)26-14(11)9-5-4-6-10(18)16(9)27(15,24)25/h4-7,15H,1-3H3,(H,19,20,21,22). The SMILES string of the molecule is Cc1c(-c2nnn[nH]2)oc2c(c1=O)C(C(C)C)S(=O)(=O)c1c(Br)cccc1-2. The minimum Gasteiger partial charge on any atom is -0.452 e. The van der Waals surface area contributed by atoms with Gasteiger partial charge in [0.2, 0.25) is 5.82 Å². The summed E-state index contributed by atoms with van der Waals surface area (Å²) in [7, 11) is -3.79. The van der Waals surface area contributed by atoms with Crippen LogP contribution in [0.2, 0.25) is 0 Å². The van der Waals surface area contributed by atoms with Crippen LogP contribution < -0.4 is 5.43 Å². The molecule has 0 fully saturated rings. The molecule has 2 aromatic heterocycles. The van der Waals surface area contributed by atoms with Crippen molar-refractivity contribution in [3.05, 3.63) is 44.0 Å². The van der Waals surface area contributed by atoms with Gasteiger partial charge in [-0.2, -0.15) is 0 Å². The highest BCUT2D eigenvalue weighted by molar-refractivity contribution is 9.10. The van der Waals surface area contributed by atoms with Gasteiger partial charge in [-0.05, 0) is 51.3 Å². The molecular weight excluding hydrogens is 436 g/mol. The van der Waals surface area contributed by atoms with Crippen LogP contribution in [0.25, 0.3) is 22.9 Å². The summed E-state index contributed by atoms with van der Waals surface area (Å²) in [6.45, 7) is 5.12. The Labute approximate surface area is 163 Å². The predicted octanol–water partition coefficient (Wildman–Crippen LogP) is 3.04. The molecule has 0 bridgehead atoms. The minimum absolute atomic E-state index is 0.129. The summed E-state index contributed by atoms with van der Waals surface area (Å²) in [5.41, 5.74) is 0.383. The molecule has 4 rings (SSSR count). The largest absolute Gasteiger partial charge is 0.452 e. The fourth-order valence-corrected chi connectivity index (χ4v) is 6.88. The fourth-order valence-electron chi connectivity index (χ4n) is 3.53. The van der Waals surface area contributed by atoms with Crippen LogP contribution in [0.3, 0.4) is 0 Å². The molecule has 140 valence electrons. The molecule has 0 saturated carbocycles. The van der Waals surface area contributed by atoms with Crippen molar-refractivity contribution in [2.75, 3.05) is 0 Å². The number of tetrazole rings is 1. The van der Waals surface area contributed by atoms with E-state index in [9.17, 15) is 13.2 Å². The Bertz CT molecular complexity index is 1220. The van der Waals surface area contributed by atoms with E-state index >= 15 is 0 Å². The number of hydrogen-bond donors (Lipinski definition) is 1. The van der Waals surface area contributed by atoms with Gasteiger partial charge in [-0.25, -0.2) is 13.5 Å². The molecule has 10 heteroatoms. The molecule has 1 N–H and O–H groups in total. The van der Waals surface area contributed by atoms with Gasteiger partial charge < -0.3 is 4.42 Å². The quantitative estimate of drug-likeness (QED) is 0.636. The van der Waals surface area contributed by atoms with Gasteiger partial charge in [-0.1, -0.05) is 19.9 Å². The molecule has 1 aliphatic rings. The lowest BCUT2D eigenvalue weighted by atomic mass is 9.95. The molecule has 0 amide bonds. The molecule has 1 atom stereocenters. The molecule has 27 heavy (non-hydrogen) atoms. The number of hydrogen-bond acceptors (Lipinski definition) is 7. The van der Waals surface area contributed by atoms with Gasteiger partial charge in [0.05, 0.1) is 10.5 Å². The van der Waals surface area contributed by atoms with Crippen molar-refractivity contribution in [1.82, 2.24) is 20.6 Å². The Kier molecular flexibility index (Phi) is 4.08. The van der Waals surface area contributed by atoms with Gasteiger partial charge in [0.25, 0.3) is 0 Å². The summed E-state index contributed by atoms with van der Waals surface area (Å²) in [5, 5.41) is 12.4. The van der Waals surface area contributed by atoms with Gasteiger partial charge in [0, 0.05) is 15.6 Å². The van der Waals surface area contributed by atoms with E-state index in [-0.39, 0.29) is 44.7 Å². The lowest BCUT2D eigenvalue weighted by Gasteiger charge is -2.29. The number of sulfone groups is 1.